The van der Waals surface area contributed by atoms with Crippen LogP contribution < -0.4 is 5.32 Å². The lowest BCUT2D eigenvalue weighted by Gasteiger charge is -2.18. The Morgan fingerprint density at radius 1 is 1.41 bits per heavy atom. The minimum atomic E-state index is 0.607. The van der Waals surface area contributed by atoms with Gasteiger partial charge in [-0.25, -0.2) is 4.98 Å². The smallest absolute Gasteiger partial charge is 0.0959 e. The Labute approximate surface area is 109 Å². The standard InChI is InChI=1S/C14H24N2S/c1-3-11(2)15-9-13-10-16-14(17-13)12-7-5-4-6-8-12/h10-12,15H,3-9H2,1-2H3. The third kappa shape index (κ3) is 3.78. The molecule has 1 unspecified atom stereocenters. The maximum atomic E-state index is 4.62. The van der Waals surface area contributed by atoms with Crippen LogP contribution in [0.4, 0.5) is 0 Å². The van der Waals surface area contributed by atoms with Gasteiger partial charge in [-0.1, -0.05) is 26.2 Å². The first kappa shape index (κ1) is 13.0. The third-order valence-electron chi connectivity index (χ3n) is 3.76. The van der Waals surface area contributed by atoms with Crippen LogP contribution in [0.1, 0.15) is 68.2 Å². The molecule has 0 bridgehead atoms. The van der Waals surface area contributed by atoms with Gasteiger partial charge in [0.15, 0.2) is 0 Å². The van der Waals surface area contributed by atoms with Crippen LogP contribution in [0.3, 0.4) is 0 Å². The average Bonchev–Trinajstić information content (AvgIpc) is 2.86. The first-order chi connectivity index (χ1) is 8.29. The molecule has 1 heterocycles. The van der Waals surface area contributed by atoms with Crippen LogP contribution in [0.2, 0.25) is 0 Å². The average molecular weight is 252 g/mol. The molecule has 0 saturated heterocycles. The largest absolute Gasteiger partial charge is 0.309 e. The quantitative estimate of drug-likeness (QED) is 0.854. The first-order valence-corrected chi connectivity index (χ1v) is 7.79. The van der Waals surface area contributed by atoms with Gasteiger partial charge in [-0.2, -0.15) is 0 Å². The SMILES string of the molecule is CCC(C)NCc1cnc(C2CCCCC2)s1. The Balaban J connectivity index is 1.86. The second-order valence-corrected chi connectivity index (χ2v) is 6.34. The summed E-state index contributed by atoms with van der Waals surface area (Å²) in [6, 6.07) is 0.607. The van der Waals surface area contributed by atoms with E-state index in [0.29, 0.717) is 6.04 Å². The van der Waals surface area contributed by atoms with Crippen molar-refractivity contribution in [1.29, 1.82) is 0 Å². The van der Waals surface area contributed by atoms with Crippen LogP contribution in [0, 0.1) is 0 Å². The van der Waals surface area contributed by atoms with Crippen LogP contribution in [0.15, 0.2) is 6.20 Å². The Morgan fingerprint density at radius 2 is 2.18 bits per heavy atom. The third-order valence-corrected chi connectivity index (χ3v) is 4.92. The molecule has 3 heteroatoms. The molecule has 0 aliphatic heterocycles. The van der Waals surface area contributed by atoms with Crippen molar-refractivity contribution in [1.82, 2.24) is 10.3 Å². The lowest BCUT2D eigenvalue weighted by molar-refractivity contribution is 0.442. The van der Waals surface area contributed by atoms with Gasteiger partial charge in [0.25, 0.3) is 0 Å². The lowest BCUT2D eigenvalue weighted by Crippen LogP contribution is -2.23. The van der Waals surface area contributed by atoms with E-state index < -0.39 is 0 Å². The molecule has 1 saturated carbocycles. The molecular formula is C14H24N2S. The van der Waals surface area contributed by atoms with E-state index >= 15 is 0 Å². The molecule has 0 amide bonds. The number of rotatable bonds is 5. The van der Waals surface area contributed by atoms with Gasteiger partial charge >= 0.3 is 0 Å². The molecule has 96 valence electrons. The number of nitrogens with one attached hydrogen (secondary N) is 1. The van der Waals surface area contributed by atoms with Gasteiger partial charge in [0.2, 0.25) is 0 Å². The van der Waals surface area contributed by atoms with E-state index in [1.54, 1.807) is 0 Å². The Hall–Kier alpha value is -0.410. The van der Waals surface area contributed by atoms with Crippen LogP contribution in [-0.4, -0.2) is 11.0 Å². The van der Waals surface area contributed by atoms with Crippen molar-refractivity contribution in [3.8, 4) is 0 Å². The van der Waals surface area contributed by atoms with Crippen molar-refractivity contribution in [2.24, 2.45) is 0 Å². The van der Waals surface area contributed by atoms with Gasteiger partial charge in [0.1, 0.15) is 0 Å². The summed E-state index contributed by atoms with van der Waals surface area (Å²) in [5, 5.41) is 4.92. The molecule has 0 radical (unpaired) electrons. The molecule has 2 rings (SSSR count). The van der Waals surface area contributed by atoms with E-state index in [4.69, 9.17) is 0 Å². The summed E-state index contributed by atoms with van der Waals surface area (Å²) in [5.41, 5.74) is 0. The topological polar surface area (TPSA) is 24.9 Å². The summed E-state index contributed by atoms with van der Waals surface area (Å²) in [4.78, 5) is 6.02. The van der Waals surface area contributed by atoms with Crippen molar-refractivity contribution in [3.05, 3.63) is 16.1 Å². The van der Waals surface area contributed by atoms with Crippen LogP contribution in [0.5, 0.6) is 0 Å². The van der Waals surface area contributed by atoms with E-state index in [1.807, 2.05) is 11.3 Å². The van der Waals surface area contributed by atoms with Gasteiger partial charge < -0.3 is 5.32 Å². The highest BCUT2D eigenvalue weighted by Gasteiger charge is 2.18. The maximum Gasteiger partial charge on any atom is 0.0959 e. The number of hydrogen-bond donors (Lipinski definition) is 1. The predicted octanol–water partition coefficient (Wildman–Crippen LogP) is 4.08. The Morgan fingerprint density at radius 3 is 2.88 bits per heavy atom. The highest BCUT2D eigenvalue weighted by molar-refractivity contribution is 7.11. The van der Waals surface area contributed by atoms with Crippen LogP contribution in [0.25, 0.3) is 0 Å². The second-order valence-electron chi connectivity index (χ2n) is 5.19. The van der Waals surface area contributed by atoms with Crippen LogP contribution >= 0.6 is 11.3 Å². The zero-order valence-electron chi connectivity index (χ0n) is 11.0. The highest BCUT2D eigenvalue weighted by Crippen LogP contribution is 2.34. The van der Waals surface area contributed by atoms with Gasteiger partial charge in [0, 0.05) is 29.6 Å². The molecular weight excluding hydrogens is 228 g/mol. The minimum Gasteiger partial charge on any atom is -0.309 e. The van der Waals surface area contributed by atoms with Gasteiger partial charge in [-0.3, -0.25) is 0 Å². The summed E-state index contributed by atoms with van der Waals surface area (Å²) >= 11 is 1.92. The first-order valence-electron chi connectivity index (χ1n) is 6.97. The summed E-state index contributed by atoms with van der Waals surface area (Å²) < 4.78 is 0. The van der Waals surface area contributed by atoms with Gasteiger partial charge in [-0.05, 0) is 26.2 Å². The zero-order valence-corrected chi connectivity index (χ0v) is 11.9. The number of hydrogen-bond acceptors (Lipinski definition) is 3. The molecule has 1 aromatic heterocycles. The molecule has 1 aliphatic carbocycles. The van der Waals surface area contributed by atoms with Crippen molar-refractivity contribution in [3.63, 3.8) is 0 Å². The molecule has 1 aromatic rings. The Kier molecular flexibility index (Phi) is 4.99. The Bertz CT molecular complexity index is 329. The summed E-state index contributed by atoms with van der Waals surface area (Å²) in [6.07, 6.45) is 10.2. The van der Waals surface area contributed by atoms with E-state index in [-0.39, 0.29) is 0 Å². The molecule has 0 aromatic carbocycles. The monoisotopic (exact) mass is 252 g/mol. The molecule has 2 nitrogen and oxygen atoms in total. The van der Waals surface area contributed by atoms with E-state index in [1.165, 1.54) is 48.4 Å². The second kappa shape index (κ2) is 6.50. The zero-order chi connectivity index (χ0) is 12.1. The van der Waals surface area contributed by atoms with Crippen molar-refractivity contribution in [2.75, 3.05) is 0 Å². The summed E-state index contributed by atoms with van der Waals surface area (Å²) in [5.74, 6) is 0.756. The molecule has 1 fully saturated rings. The normalized spacial score (nSPS) is 19.4. The van der Waals surface area contributed by atoms with E-state index in [2.05, 4.69) is 30.3 Å². The predicted molar refractivity (Wildman–Crippen MR) is 74.5 cm³/mol. The van der Waals surface area contributed by atoms with E-state index in [9.17, 15) is 0 Å². The summed E-state index contributed by atoms with van der Waals surface area (Å²) in [6.45, 7) is 5.44. The lowest BCUT2D eigenvalue weighted by atomic mass is 9.90. The van der Waals surface area contributed by atoms with Gasteiger partial charge in [-0.15, -0.1) is 11.3 Å². The molecule has 17 heavy (non-hydrogen) atoms. The van der Waals surface area contributed by atoms with Crippen molar-refractivity contribution >= 4 is 11.3 Å². The van der Waals surface area contributed by atoms with Crippen molar-refractivity contribution in [2.45, 2.75) is 70.9 Å². The summed E-state index contributed by atoms with van der Waals surface area (Å²) in [7, 11) is 0. The fourth-order valence-electron chi connectivity index (χ4n) is 2.36. The number of thiazole rings is 1. The number of nitrogens with zero attached hydrogens (tertiary/aromatic N) is 1. The van der Waals surface area contributed by atoms with Gasteiger partial charge in [0.05, 0.1) is 5.01 Å². The number of aromatic nitrogens is 1. The molecule has 1 aliphatic rings. The molecule has 1 N–H and O–H groups in total. The van der Waals surface area contributed by atoms with Crippen molar-refractivity contribution < 1.29 is 0 Å². The molecule has 0 spiro atoms. The van der Waals surface area contributed by atoms with E-state index in [0.717, 1.165) is 12.5 Å². The minimum absolute atomic E-state index is 0.607. The highest BCUT2D eigenvalue weighted by atomic mass is 32.1. The molecule has 1 atom stereocenters. The van der Waals surface area contributed by atoms with Crippen LogP contribution in [-0.2, 0) is 6.54 Å². The maximum absolute atomic E-state index is 4.62. The fraction of sp³-hybridized carbons (Fsp3) is 0.786. The fourth-order valence-corrected chi connectivity index (χ4v) is 3.40.